The van der Waals surface area contributed by atoms with Crippen molar-refractivity contribution in [3.63, 3.8) is 0 Å². The zero-order chi connectivity index (χ0) is 16.0. The van der Waals surface area contributed by atoms with Crippen molar-refractivity contribution in [3.05, 3.63) is 0 Å². The van der Waals surface area contributed by atoms with Crippen LogP contribution in [-0.2, 0) is 9.47 Å². The van der Waals surface area contributed by atoms with E-state index in [0.717, 1.165) is 0 Å². The minimum Gasteiger partial charge on any atom is -0.337 e. The van der Waals surface area contributed by atoms with Gasteiger partial charge in [0.25, 0.3) is 0 Å². The van der Waals surface area contributed by atoms with E-state index in [0.29, 0.717) is 0 Å². The molecule has 0 aromatic heterocycles. The van der Waals surface area contributed by atoms with Crippen LogP contribution < -0.4 is 0 Å². The van der Waals surface area contributed by atoms with E-state index >= 15 is 0 Å². The molecule has 3 nitrogen and oxygen atoms in total. The van der Waals surface area contributed by atoms with Gasteiger partial charge in [-0.15, -0.1) is 0 Å². The minimum atomic E-state index is -6.45. The summed E-state index contributed by atoms with van der Waals surface area (Å²) in [6, 6.07) is 0. The maximum absolute atomic E-state index is 13.4. The van der Waals surface area contributed by atoms with Crippen LogP contribution in [-0.4, -0.2) is 49.0 Å². The second kappa shape index (κ2) is 4.87. The summed E-state index contributed by atoms with van der Waals surface area (Å²) in [5.74, 6) is -4.65. The van der Waals surface area contributed by atoms with Gasteiger partial charge in [0.05, 0.1) is 13.2 Å². The molecule has 0 N–H and O–H groups in total. The van der Waals surface area contributed by atoms with Crippen molar-refractivity contribution < 1.29 is 53.4 Å². The fourth-order valence-electron chi connectivity index (χ4n) is 1.44. The average Bonchev–Trinajstić information content (AvgIpc) is 2.59. The highest BCUT2D eigenvalue weighted by atomic mass is 19.4. The zero-order valence-electron chi connectivity index (χ0n) is 9.03. The molecule has 1 aliphatic rings. The highest BCUT2D eigenvalue weighted by Crippen LogP contribution is 2.47. The number of ether oxygens (including phenoxy) is 2. The Bertz CT molecular complexity index is 327. The lowest BCUT2D eigenvalue weighted by Gasteiger charge is -2.38. The molecule has 0 bridgehead atoms. The zero-order valence-corrected chi connectivity index (χ0v) is 9.03. The molecule has 20 heavy (non-hydrogen) atoms. The molecule has 1 atom stereocenters. The number of hydrogen-bond donors (Lipinski definition) is 0. The van der Waals surface area contributed by atoms with Crippen LogP contribution in [0.15, 0.2) is 0 Å². The van der Waals surface area contributed by atoms with Gasteiger partial charge in [0, 0.05) is 0 Å². The van der Waals surface area contributed by atoms with Crippen LogP contribution in [0.2, 0.25) is 0 Å². The van der Waals surface area contributed by atoms with E-state index in [1.165, 1.54) is 0 Å². The summed E-state index contributed by atoms with van der Waals surface area (Å²) in [5, 5.41) is 0. The van der Waals surface area contributed by atoms with Gasteiger partial charge in [-0.05, 0) is 0 Å². The molecule has 1 aliphatic heterocycles. The Kier molecular flexibility index (Phi) is 4.20. The molecular formula is C7H5F10NO2. The number of rotatable bonds is 2. The summed E-state index contributed by atoms with van der Waals surface area (Å²) in [5.41, 5.74) is 0. The number of nitrogens with zero attached hydrogens (tertiary/aromatic N) is 1. The fourth-order valence-corrected chi connectivity index (χ4v) is 1.44. The SMILES string of the molecule is FC(N(C(F)(F)F)C(F)(F)F)C1(C(F)(F)F)OCCO1. The lowest BCUT2D eigenvalue weighted by atomic mass is 10.2. The number of hydrogen-bond acceptors (Lipinski definition) is 3. The van der Waals surface area contributed by atoms with E-state index < -0.39 is 49.0 Å². The second-order valence-electron chi connectivity index (χ2n) is 3.50. The van der Waals surface area contributed by atoms with E-state index in [1.807, 2.05) is 0 Å². The fraction of sp³-hybridized carbons (Fsp3) is 1.00. The van der Waals surface area contributed by atoms with Crippen LogP contribution in [0.4, 0.5) is 43.9 Å². The van der Waals surface area contributed by atoms with Crippen molar-refractivity contribution in [2.24, 2.45) is 0 Å². The Hall–Kier alpha value is -0.820. The van der Waals surface area contributed by atoms with Gasteiger partial charge in [-0.25, -0.2) is 4.39 Å². The molecule has 13 heteroatoms. The third-order valence-corrected chi connectivity index (χ3v) is 2.20. The van der Waals surface area contributed by atoms with Gasteiger partial charge < -0.3 is 9.47 Å². The second-order valence-corrected chi connectivity index (χ2v) is 3.50. The van der Waals surface area contributed by atoms with E-state index in [-0.39, 0.29) is 0 Å². The molecule has 1 heterocycles. The van der Waals surface area contributed by atoms with E-state index in [2.05, 4.69) is 9.47 Å². The Morgan fingerprint density at radius 3 is 1.40 bits per heavy atom. The molecule has 0 aliphatic carbocycles. The Balaban J connectivity index is 3.26. The largest absolute Gasteiger partial charge is 0.469 e. The Labute approximate surface area is 104 Å². The lowest BCUT2D eigenvalue weighted by Crippen LogP contribution is -2.65. The van der Waals surface area contributed by atoms with Gasteiger partial charge in [0.1, 0.15) is 0 Å². The third kappa shape index (κ3) is 2.93. The van der Waals surface area contributed by atoms with Crippen molar-refractivity contribution in [2.45, 2.75) is 30.9 Å². The molecule has 0 spiro atoms. The molecule has 0 saturated carbocycles. The summed E-state index contributed by atoms with van der Waals surface area (Å²) in [6.07, 6.45) is -23.6. The van der Waals surface area contributed by atoms with Gasteiger partial charge in [-0.3, -0.25) is 0 Å². The monoisotopic (exact) mass is 325 g/mol. The van der Waals surface area contributed by atoms with Crippen LogP contribution in [0.3, 0.4) is 0 Å². The van der Waals surface area contributed by atoms with E-state index in [4.69, 9.17) is 0 Å². The van der Waals surface area contributed by atoms with Crippen LogP contribution in [0, 0.1) is 0 Å². The van der Waals surface area contributed by atoms with Gasteiger partial charge in [0.2, 0.25) is 6.30 Å². The summed E-state index contributed by atoms with van der Waals surface area (Å²) in [6.45, 7) is -2.02. The normalized spacial score (nSPS) is 22.4. The average molecular weight is 325 g/mol. The highest BCUT2D eigenvalue weighted by Gasteiger charge is 2.73. The van der Waals surface area contributed by atoms with Gasteiger partial charge in [-0.1, -0.05) is 4.90 Å². The number of halogens is 10. The molecule has 1 rings (SSSR count). The van der Waals surface area contributed by atoms with E-state index in [1.54, 1.807) is 0 Å². The maximum atomic E-state index is 13.4. The number of alkyl halides is 10. The lowest BCUT2D eigenvalue weighted by molar-refractivity contribution is -0.454. The Morgan fingerprint density at radius 2 is 1.15 bits per heavy atom. The third-order valence-electron chi connectivity index (χ3n) is 2.20. The maximum Gasteiger partial charge on any atom is 0.469 e. The predicted octanol–water partition coefficient (Wildman–Crippen LogP) is 2.93. The first-order valence-electron chi connectivity index (χ1n) is 4.65. The molecule has 1 fully saturated rings. The van der Waals surface area contributed by atoms with Gasteiger partial charge >= 0.3 is 24.6 Å². The van der Waals surface area contributed by atoms with Crippen molar-refractivity contribution >= 4 is 0 Å². The summed E-state index contributed by atoms with van der Waals surface area (Å²) < 4.78 is 131. The smallest absolute Gasteiger partial charge is 0.337 e. The highest BCUT2D eigenvalue weighted by molar-refractivity contribution is 4.91. The first-order valence-corrected chi connectivity index (χ1v) is 4.65. The van der Waals surface area contributed by atoms with Crippen LogP contribution in [0.5, 0.6) is 0 Å². The Morgan fingerprint density at radius 1 is 0.800 bits per heavy atom. The molecule has 1 saturated heterocycles. The molecular weight excluding hydrogens is 320 g/mol. The van der Waals surface area contributed by atoms with Crippen molar-refractivity contribution in [2.75, 3.05) is 13.2 Å². The molecule has 1 unspecified atom stereocenters. The topological polar surface area (TPSA) is 21.7 Å². The molecule has 0 amide bonds. The first-order chi connectivity index (χ1) is 8.73. The van der Waals surface area contributed by atoms with E-state index in [9.17, 15) is 43.9 Å². The molecule has 0 aromatic carbocycles. The minimum absolute atomic E-state index is 1.01. The quantitative estimate of drug-likeness (QED) is 0.576. The van der Waals surface area contributed by atoms with Crippen LogP contribution in [0.25, 0.3) is 0 Å². The summed E-state index contributed by atoms with van der Waals surface area (Å²) in [7, 11) is 0. The van der Waals surface area contributed by atoms with Crippen molar-refractivity contribution in [1.82, 2.24) is 4.90 Å². The molecule has 120 valence electrons. The summed E-state index contributed by atoms with van der Waals surface area (Å²) in [4.78, 5) is -2.86. The van der Waals surface area contributed by atoms with Gasteiger partial charge in [-0.2, -0.15) is 39.5 Å². The standard InChI is InChI=1S/C7H5F10NO2/c8-3(18(6(12,13)14)7(15,16)17)4(5(9,10)11)19-1-2-20-4/h3H,1-2H2. The van der Waals surface area contributed by atoms with Crippen LogP contribution >= 0.6 is 0 Å². The first kappa shape index (κ1) is 17.2. The molecule has 0 radical (unpaired) electrons. The predicted molar refractivity (Wildman–Crippen MR) is 39.5 cm³/mol. The van der Waals surface area contributed by atoms with Gasteiger partial charge in [0.15, 0.2) is 0 Å². The molecule has 0 aromatic rings. The summed E-state index contributed by atoms with van der Waals surface area (Å²) >= 11 is 0. The van der Waals surface area contributed by atoms with Crippen LogP contribution in [0.1, 0.15) is 0 Å². The van der Waals surface area contributed by atoms with Crippen molar-refractivity contribution in [1.29, 1.82) is 0 Å². The van der Waals surface area contributed by atoms with Crippen molar-refractivity contribution in [3.8, 4) is 0 Å².